The minimum atomic E-state index is -0.163. The molecule has 2 N–H and O–H groups in total. The van der Waals surface area contributed by atoms with E-state index >= 15 is 0 Å². The molecular weight excluding hydrogens is 346 g/mol. The number of amides is 1. The molecule has 5 nitrogen and oxygen atoms in total. The van der Waals surface area contributed by atoms with Crippen molar-refractivity contribution in [2.75, 3.05) is 13.2 Å². The number of imidazole rings is 1. The second-order valence-corrected chi connectivity index (χ2v) is 6.18. The van der Waals surface area contributed by atoms with Crippen LogP contribution in [-0.2, 0) is 11.3 Å². The normalized spacial score (nSPS) is 10.6. The van der Waals surface area contributed by atoms with E-state index in [9.17, 15) is 4.79 Å². The molecule has 0 saturated carbocycles. The molecule has 0 fully saturated rings. The molecule has 1 amide bonds. The summed E-state index contributed by atoms with van der Waals surface area (Å²) >= 11 is 5.30. The van der Waals surface area contributed by atoms with Crippen molar-refractivity contribution in [3.05, 3.63) is 82.9 Å². The van der Waals surface area contributed by atoms with Gasteiger partial charge in [-0.2, -0.15) is 0 Å². The number of aromatic amines is 1. The van der Waals surface area contributed by atoms with Crippen molar-refractivity contribution in [1.82, 2.24) is 14.9 Å². The number of ether oxygens (including phenoxy) is 1. The maximum atomic E-state index is 12.5. The fourth-order valence-electron chi connectivity index (χ4n) is 2.60. The molecule has 0 bridgehead atoms. The Morgan fingerprint density at radius 2 is 1.77 bits per heavy atom. The van der Waals surface area contributed by atoms with Gasteiger partial charge in [0, 0.05) is 25.0 Å². The molecule has 0 saturated heterocycles. The van der Waals surface area contributed by atoms with Gasteiger partial charge in [-0.1, -0.05) is 48.5 Å². The lowest BCUT2D eigenvalue weighted by molar-refractivity contribution is 0.0928. The Hall–Kier alpha value is -2.70. The third-order valence-corrected chi connectivity index (χ3v) is 4.19. The number of rotatable bonds is 8. The first-order valence-electron chi connectivity index (χ1n) is 8.51. The van der Waals surface area contributed by atoms with E-state index in [1.54, 1.807) is 10.8 Å². The molecule has 6 heteroatoms. The van der Waals surface area contributed by atoms with Crippen LogP contribution in [0.15, 0.2) is 66.9 Å². The number of nitrogens with one attached hydrogen (secondary N) is 2. The predicted molar refractivity (Wildman–Crippen MR) is 104 cm³/mol. The predicted octanol–water partition coefficient (Wildman–Crippen LogP) is 3.87. The Balaban J connectivity index is 1.48. The zero-order valence-electron chi connectivity index (χ0n) is 14.4. The standard InChI is InChI=1S/C20H21N3O2S/c24-19(21-12-7-13-25-15-16-8-3-1-4-9-16)18-14-22-20(26)23(18)17-10-5-2-6-11-17/h1-6,8-11,14H,7,12-13,15H2,(H,21,24)(H,22,26). The average molecular weight is 367 g/mol. The molecular formula is C20H21N3O2S. The highest BCUT2D eigenvalue weighted by Gasteiger charge is 2.13. The Kier molecular flexibility index (Phi) is 6.35. The highest BCUT2D eigenvalue weighted by Crippen LogP contribution is 2.12. The lowest BCUT2D eigenvalue weighted by atomic mass is 10.2. The van der Waals surface area contributed by atoms with Gasteiger partial charge in [-0.3, -0.25) is 9.36 Å². The van der Waals surface area contributed by atoms with Gasteiger partial charge >= 0.3 is 0 Å². The van der Waals surface area contributed by atoms with Gasteiger partial charge in [0.2, 0.25) is 0 Å². The van der Waals surface area contributed by atoms with Gasteiger partial charge in [0.1, 0.15) is 5.69 Å². The first-order valence-corrected chi connectivity index (χ1v) is 8.92. The van der Waals surface area contributed by atoms with E-state index in [1.807, 2.05) is 60.7 Å². The number of hydrogen-bond acceptors (Lipinski definition) is 3. The Morgan fingerprint density at radius 1 is 1.08 bits per heavy atom. The smallest absolute Gasteiger partial charge is 0.269 e. The lowest BCUT2D eigenvalue weighted by Gasteiger charge is -2.09. The van der Waals surface area contributed by atoms with E-state index in [-0.39, 0.29) is 5.91 Å². The molecule has 0 unspecified atom stereocenters. The zero-order valence-corrected chi connectivity index (χ0v) is 15.2. The summed E-state index contributed by atoms with van der Waals surface area (Å²) in [6.07, 6.45) is 2.38. The van der Waals surface area contributed by atoms with Gasteiger partial charge in [0.25, 0.3) is 5.91 Å². The van der Waals surface area contributed by atoms with Gasteiger partial charge in [-0.05, 0) is 36.3 Å². The molecule has 1 heterocycles. The Morgan fingerprint density at radius 3 is 2.50 bits per heavy atom. The fourth-order valence-corrected chi connectivity index (χ4v) is 2.86. The van der Waals surface area contributed by atoms with Crippen LogP contribution in [0, 0.1) is 4.77 Å². The molecule has 0 atom stereocenters. The summed E-state index contributed by atoms with van der Waals surface area (Å²) < 4.78 is 7.85. The van der Waals surface area contributed by atoms with Gasteiger partial charge < -0.3 is 15.0 Å². The van der Waals surface area contributed by atoms with Crippen molar-refractivity contribution in [3.63, 3.8) is 0 Å². The summed E-state index contributed by atoms with van der Waals surface area (Å²) in [6, 6.07) is 19.6. The van der Waals surface area contributed by atoms with Gasteiger partial charge in [-0.25, -0.2) is 0 Å². The molecule has 26 heavy (non-hydrogen) atoms. The van der Waals surface area contributed by atoms with Gasteiger partial charge in [-0.15, -0.1) is 0 Å². The van der Waals surface area contributed by atoms with E-state index in [1.165, 1.54) is 0 Å². The first-order chi connectivity index (χ1) is 12.8. The summed E-state index contributed by atoms with van der Waals surface area (Å²) in [5.41, 5.74) is 2.49. The van der Waals surface area contributed by atoms with Crippen LogP contribution < -0.4 is 5.32 Å². The van der Waals surface area contributed by atoms with E-state index in [0.29, 0.717) is 30.2 Å². The summed E-state index contributed by atoms with van der Waals surface area (Å²) in [5.74, 6) is -0.163. The van der Waals surface area contributed by atoms with Crippen LogP contribution in [0.5, 0.6) is 0 Å². The summed E-state index contributed by atoms with van der Waals surface area (Å²) in [7, 11) is 0. The number of nitrogens with zero attached hydrogens (tertiary/aromatic N) is 1. The van der Waals surface area contributed by atoms with Crippen LogP contribution in [0.2, 0.25) is 0 Å². The number of benzene rings is 2. The average Bonchev–Trinajstić information content (AvgIpc) is 3.07. The number of hydrogen-bond donors (Lipinski definition) is 2. The second kappa shape index (κ2) is 9.12. The molecule has 3 rings (SSSR count). The summed E-state index contributed by atoms with van der Waals surface area (Å²) in [6.45, 7) is 1.72. The molecule has 2 aromatic carbocycles. The molecule has 0 aliphatic carbocycles. The summed E-state index contributed by atoms with van der Waals surface area (Å²) in [5, 5.41) is 2.92. The maximum absolute atomic E-state index is 12.5. The SMILES string of the molecule is O=C(NCCCOCc1ccccc1)c1c[nH]c(=S)n1-c1ccccc1. The third-order valence-electron chi connectivity index (χ3n) is 3.89. The maximum Gasteiger partial charge on any atom is 0.269 e. The first kappa shape index (κ1) is 18.1. The molecule has 0 spiro atoms. The minimum absolute atomic E-state index is 0.163. The zero-order chi connectivity index (χ0) is 18.2. The third kappa shape index (κ3) is 4.68. The Labute approximate surface area is 157 Å². The van der Waals surface area contributed by atoms with Crippen molar-refractivity contribution in [2.24, 2.45) is 0 Å². The number of carbonyl (C=O) groups excluding carboxylic acids is 1. The number of para-hydroxylation sites is 1. The molecule has 3 aromatic rings. The largest absolute Gasteiger partial charge is 0.377 e. The monoisotopic (exact) mass is 367 g/mol. The van der Waals surface area contributed by atoms with Crippen LogP contribution >= 0.6 is 12.2 Å². The Bertz CT molecular complexity index is 888. The van der Waals surface area contributed by atoms with Crippen molar-refractivity contribution in [3.8, 4) is 5.69 Å². The van der Waals surface area contributed by atoms with Crippen molar-refractivity contribution in [1.29, 1.82) is 0 Å². The van der Waals surface area contributed by atoms with Gasteiger partial charge in [0.15, 0.2) is 4.77 Å². The van der Waals surface area contributed by atoms with E-state index < -0.39 is 0 Å². The molecule has 1 aromatic heterocycles. The molecule has 134 valence electrons. The number of H-pyrrole nitrogens is 1. The molecule has 0 aliphatic rings. The highest BCUT2D eigenvalue weighted by molar-refractivity contribution is 7.71. The summed E-state index contributed by atoms with van der Waals surface area (Å²) in [4.78, 5) is 15.4. The van der Waals surface area contributed by atoms with Crippen molar-refractivity contribution >= 4 is 18.1 Å². The lowest BCUT2D eigenvalue weighted by Crippen LogP contribution is -2.27. The van der Waals surface area contributed by atoms with E-state index in [0.717, 1.165) is 17.7 Å². The van der Waals surface area contributed by atoms with Crippen LogP contribution in [0.1, 0.15) is 22.5 Å². The van der Waals surface area contributed by atoms with Crippen molar-refractivity contribution < 1.29 is 9.53 Å². The van der Waals surface area contributed by atoms with Crippen LogP contribution in [-0.4, -0.2) is 28.6 Å². The fraction of sp³-hybridized carbons (Fsp3) is 0.200. The van der Waals surface area contributed by atoms with Crippen molar-refractivity contribution in [2.45, 2.75) is 13.0 Å². The van der Waals surface area contributed by atoms with Crippen LogP contribution in [0.25, 0.3) is 5.69 Å². The van der Waals surface area contributed by atoms with Crippen LogP contribution in [0.3, 0.4) is 0 Å². The van der Waals surface area contributed by atoms with E-state index in [2.05, 4.69) is 10.3 Å². The quantitative estimate of drug-likeness (QED) is 0.469. The highest BCUT2D eigenvalue weighted by atomic mass is 32.1. The van der Waals surface area contributed by atoms with Crippen LogP contribution in [0.4, 0.5) is 0 Å². The topological polar surface area (TPSA) is 59.0 Å². The number of aromatic nitrogens is 2. The number of carbonyl (C=O) groups is 1. The van der Waals surface area contributed by atoms with Gasteiger partial charge in [0.05, 0.1) is 6.61 Å². The van der Waals surface area contributed by atoms with E-state index in [4.69, 9.17) is 17.0 Å². The minimum Gasteiger partial charge on any atom is -0.377 e. The molecule has 0 radical (unpaired) electrons. The second-order valence-electron chi connectivity index (χ2n) is 5.80. The molecule has 0 aliphatic heterocycles.